The van der Waals surface area contributed by atoms with Crippen molar-refractivity contribution in [1.29, 1.82) is 0 Å². The first-order chi connectivity index (χ1) is 9.19. The SMILES string of the molecule is CN=C(NCc1cc(C)oc1C)NC1CCCCC1.I. The number of rotatable bonds is 3. The van der Waals surface area contributed by atoms with Crippen molar-refractivity contribution in [1.82, 2.24) is 10.6 Å². The zero-order valence-corrected chi connectivity index (χ0v) is 15.0. The van der Waals surface area contributed by atoms with E-state index in [1.54, 1.807) is 0 Å². The summed E-state index contributed by atoms with van der Waals surface area (Å²) in [4.78, 5) is 4.30. The molecule has 114 valence electrons. The van der Waals surface area contributed by atoms with Gasteiger partial charge >= 0.3 is 0 Å². The molecular weight excluding hydrogens is 365 g/mol. The molecule has 0 bridgehead atoms. The summed E-state index contributed by atoms with van der Waals surface area (Å²) >= 11 is 0. The molecule has 5 heteroatoms. The zero-order chi connectivity index (χ0) is 13.7. The van der Waals surface area contributed by atoms with Gasteiger partial charge < -0.3 is 15.1 Å². The average molecular weight is 391 g/mol. The van der Waals surface area contributed by atoms with Crippen LogP contribution in [0.3, 0.4) is 0 Å². The normalized spacial score (nSPS) is 16.6. The summed E-state index contributed by atoms with van der Waals surface area (Å²) in [6.45, 7) is 4.74. The van der Waals surface area contributed by atoms with E-state index in [-0.39, 0.29) is 24.0 Å². The van der Waals surface area contributed by atoms with Gasteiger partial charge in [0.2, 0.25) is 0 Å². The van der Waals surface area contributed by atoms with Crippen molar-refractivity contribution in [2.75, 3.05) is 7.05 Å². The molecule has 1 aliphatic rings. The Bertz CT molecular complexity index is 436. The Morgan fingerprint density at radius 3 is 2.55 bits per heavy atom. The first-order valence-corrected chi connectivity index (χ1v) is 7.22. The van der Waals surface area contributed by atoms with Crippen LogP contribution in [0.5, 0.6) is 0 Å². The minimum absolute atomic E-state index is 0. The number of nitrogens with zero attached hydrogens (tertiary/aromatic N) is 1. The number of guanidine groups is 1. The number of hydrogen-bond acceptors (Lipinski definition) is 2. The summed E-state index contributed by atoms with van der Waals surface area (Å²) in [5, 5.41) is 6.88. The predicted molar refractivity (Wildman–Crippen MR) is 93.8 cm³/mol. The maximum atomic E-state index is 5.53. The molecule has 1 aromatic rings. The van der Waals surface area contributed by atoms with Crippen molar-refractivity contribution >= 4 is 29.9 Å². The second kappa shape index (κ2) is 8.54. The van der Waals surface area contributed by atoms with E-state index in [0.29, 0.717) is 6.04 Å². The summed E-state index contributed by atoms with van der Waals surface area (Å²) in [6.07, 6.45) is 6.54. The number of aliphatic imine (C=N–C) groups is 1. The topological polar surface area (TPSA) is 49.6 Å². The first-order valence-electron chi connectivity index (χ1n) is 7.22. The van der Waals surface area contributed by atoms with Crippen LogP contribution in [0.2, 0.25) is 0 Å². The molecule has 1 heterocycles. The molecule has 4 nitrogen and oxygen atoms in total. The molecule has 0 spiro atoms. The average Bonchev–Trinajstić information content (AvgIpc) is 2.74. The molecule has 0 unspecified atom stereocenters. The summed E-state index contributed by atoms with van der Waals surface area (Å²) < 4.78 is 5.53. The zero-order valence-electron chi connectivity index (χ0n) is 12.7. The minimum Gasteiger partial charge on any atom is -0.466 e. The van der Waals surface area contributed by atoms with Crippen LogP contribution in [-0.4, -0.2) is 19.0 Å². The highest BCUT2D eigenvalue weighted by Gasteiger charge is 2.14. The number of hydrogen-bond donors (Lipinski definition) is 2. The molecular formula is C15H26IN3O. The van der Waals surface area contributed by atoms with Gasteiger partial charge in [0.25, 0.3) is 0 Å². The first kappa shape index (κ1) is 17.3. The third-order valence-electron chi connectivity index (χ3n) is 3.76. The summed E-state index contributed by atoms with van der Waals surface area (Å²) in [7, 11) is 1.83. The third-order valence-corrected chi connectivity index (χ3v) is 3.76. The molecule has 1 aliphatic carbocycles. The van der Waals surface area contributed by atoms with E-state index in [2.05, 4.69) is 21.7 Å². The van der Waals surface area contributed by atoms with Gasteiger partial charge in [0.1, 0.15) is 11.5 Å². The monoisotopic (exact) mass is 391 g/mol. The van der Waals surface area contributed by atoms with Crippen LogP contribution in [0.4, 0.5) is 0 Å². The summed E-state index contributed by atoms with van der Waals surface area (Å²) in [6, 6.07) is 2.66. The fourth-order valence-electron chi connectivity index (χ4n) is 2.67. The van der Waals surface area contributed by atoms with Gasteiger partial charge in [-0.15, -0.1) is 24.0 Å². The fraction of sp³-hybridized carbons (Fsp3) is 0.667. The lowest BCUT2D eigenvalue weighted by Gasteiger charge is -2.24. The third kappa shape index (κ3) is 5.00. The lowest BCUT2D eigenvalue weighted by atomic mass is 9.96. The van der Waals surface area contributed by atoms with Gasteiger partial charge in [-0.3, -0.25) is 4.99 Å². The van der Waals surface area contributed by atoms with E-state index in [1.807, 2.05) is 20.9 Å². The number of furan rings is 1. The maximum Gasteiger partial charge on any atom is 0.191 e. The summed E-state index contributed by atoms with van der Waals surface area (Å²) in [5.74, 6) is 2.84. The maximum absolute atomic E-state index is 5.53. The molecule has 0 atom stereocenters. The van der Waals surface area contributed by atoms with Crippen LogP contribution in [-0.2, 0) is 6.54 Å². The smallest absolute Gasteiger partial charge is 0.191 e. The minimum atomic E-state index is 0. The molecule has 1 fully saturated rings. The van der Waals surface area contributed by atoms with E-state index in [9.17, 15) is 0 Å². The molecule has 2 N–H and O–H groups in total. The van der Waals surface area contributed by atoms with Crippen LogP contribution in [0.1, 0.15) is 49.2 Å². The molecule has 0 saturated heterocycles. The predicted octanol–water partition coefficient (Wildman–Crippen LogP) is 3.51. The number of nitrogens with one attached hydrogen (secondary N) is 2. The van der Waals surface area contributed by atoms with E-state index in [1.165, 1.54) is 37.7 Å². The highest BCUT2D eigenvalue weighted by atomic mass is 127. The highest BCUT2D eigenvalue weighted by Crippen LogP contribution is 2.17. The highest BCUT2D eigenvalue weighted by molar-refractivity contribution is 14.0. The second-order valence-electron chi connectivity index (χ2n) is 5.34. The lowest BCUT2D eigenvalue weighted by molar-refractivity contribution is 0.410. The van der Waals surface area contributed by atoms with Crippen LogP contribution < -0.4 is 10.6 Å². The Kier molecular flexibility index (Phi) is 7.40. The molecule has 0 amide bonds. The largest absolute Gasteiger partial charge is 0.466 e. The van der Waals surface area contributed by atoms with E-state index >= 15 is 0 Å². The fourth-order valence-corrected chi connectivity index (χ4v) is 2.67. The van der Waals surface area contributed by atoms with E-state index in [0.717, 1.165) is 24.0 Å². The van der Waals surface area contributed by atoms with Crippen LogP contribution in [0.15, 0.2) is 15.5 Å². The van der Waals surface area contributed by atoms with Gasteiger partial charge in [0, 0.05) is 25.2 Å². The second-order valence-corrected chi connectivity index (χ2v) is 5.34. The van der Waals surface area contributed by atoms with Crippen molar-refractivity contribution in [3.8, 4) is 0 Å². The Labute approximate surface area is 138 Å². The van der Waals surface area contributed by atoms with Gasteiger partial charge in [-0.1, -0.05) is 19.3 Å². The quantitative estimate of drug-likeness (QED) is 0.471. The molecule has 0 aromatic carbocycles. The van der Waals surface area contributed by atoms with Crippen LogP contribution in [0.25, 0.3) is 0 Å². The molecule has 1 saturated carbocycles. The van der Waals surface area contributed by atoms with Crippen molar-refractivity contribution < 1.29 is 4.42 Å². The lowest BCUT2D eigenvalue weighted by Crippen LogP contribution is -2.43. The number of halogens is 1. The van der Waals surface area contributed by atoms with Gasteiger partial charge in [0.05, 0.1) is 0 Å². The molecule has 0 radical (unpaired) electrons. The molecule has 2 rings (SSSR count). The molecule has 20 heavy (non-hydrogen) atoms. The molecule has 1 aromatic heterocycles. The van der Waals surface area contributed by atoms with Gasteiger partial charge in [-0.25, -0.2) is 0 Å². The number of aryl methyl sites for hydroxylation is 2. The van der Waals surface area contributed by atoms with Crippen molar-refractivity contribution in [3.63, 3.8) is 0 Å². The Morgan fingerprint density at radius 1 is 1.30 bits per heavy atom. The van der Waals surface area contributed by atoms with Crippen molar-refractivity contribution in [2.24, 2.45) is 4.99 Å². The van der Waals surface area contributed by atoms with Gasteiger partial charge in [-0.2, -0.15) is 0 Å². The van der Waals surface area contributed by atoms with Gasteiger partial charge in [-0.05, 0) is 32.8 Å². The van der Waals surface area contributed by atoms with Crippen LogP contribution in [0, 0.1) is 13.8 Å². The van der Waals surface area contributed by atoms with Crippen molar-refractivity contribution in [3.05, 3.63) is 23.2 Å². The van der Waals surface area contributed by atoms with E-state index < -0.39 is 0 Å². The Morgan fingerprint density at radius 2 is 2.00 bits per heavy atom. The van der Waals surface area contributed by atoms with Gasteiger partial charge in [0.15, 0.2) is 5.96 Å². The van der Waals surface area contributed by atoms with E-state index in [4.69, 9.17) is 4.42 Å². The van der Waals surface area contributed by atoms with Crippen LogP contribution >= 0.6 is 24.0 Å². The Balaban J connectivity index is 0.00000200. The summed E-state index contributed by atoms with van der Waals surface area (Å²) in [5.41, 5.74) is 1.20. The standard InChI is InChI=1S/C15H25N3O.HI/c1-11-9-13(12(2)19-11)10-17-15(16-3)18-14-7-5-4-6-8-14;/h9,14H,4-8,10H2,1-3H3,(H2,16,17,18);1H. The Hall–Kier alpha value is -0.720. The van der Waals surface area contributed by atoms with Crippen molar-refractivity contribution in [2.45, 2.75) is 58.5 Å². The molecule has 0 aliphatic heterocycles.